The van der Waals surface area contributed by atoms with E-state index in [1.165, 1.54) is 193 Å². The number of carboxylic acid groups (broad SMARTS) is 1. The van der Waals surface area contributed by atoms with Gasteiger partial charge >= 0.3 is 35.5 Å². The zero-order chi connectivity index (χ0) is 34.6. The van der Waals surface area contributed by atoms with Crippen LogP contribution in [0.1, 0.15) is 235 Å². The summed E-state index contributed by atoms with van der Waals surface area (Å²) >= 11 is 0. The van der Waals surface area contributed by atoms with Crippen molar-refractivity contribution < 1.29 is 19.4 Å². The summed E-state index contributed by atoms with van der Waals surface area (Å²) in [5, 5.41) is 9.47. The van der Waals surface area contributed by atoms with Crippen LogP contribution in [0.3, 0.4) is 0 Å². The summed E-state index contributed by atoms with van der Waals surface area (Å²) in [6, 6.07) is 5.19. The third-order valence-electron chi connectivity index (χ3n) is 9.97. The number of hydrogen-bond donors (Lipinski definition) is 1. The molecule has 49 heavy (non-hydrogen) atoms. The van der Waals surface area contributed by atoms with Gasteiger partial charge in [0.25, 0.3) is 0 Å². The molecule has 1 rings (SSSR count). The van der Waals surface area contributed by atoms with Gasteiger partial charge in [0.1, 0.15) is 5.75 Å². The van der Waals surface area contributed by atoms with Gasteiger partial charge in [-0.15, -0.1) is 0 Å². The van der Waals surface area contributed by atoms with Crippen LogP contribution in [0.4, 0.5) is 0 Å². The van der Waals surface area contributed by atoms with E-state index in [9.17, 15) is 9.90 Å². The third kappa shape index (κ3) is 31.9. The van der Waals surface area contributed by atoms with Gasteiger partial charge in [0.05, 0.1) is 18.8 Å². The first-order valence-corrected chi connectivity index (χ1v) is 21.3. The Hall–Kier alpha value is -0.550. The number of carboxylic acids is 1. The molecule has 0 amide bonds. The van der Waals surface area contributed by atoms with Crippen molar-refractivity contribution in [3.05, 3.63) is 29.3 Å². The Morgan fingerprint density at radius 1 is 0.490 bits per heavy atom. The van der Waals surface area contributed by atoms with Crippen LogP contribution in [0.2, 0.25) is 0 Å². The molecule has 1 aromatic rings. The van der Waals surface area contributed by atoms with Gasteiger partial charge in [-0.3, -0.25) is 0 Å². The Kier molecular flexibility index (Phi) is 38.2. The van der Waals surface area contributed by atoms with Gasteiger partial charge in [0, 0.05) is 12.2 Å². The summed E-state index contributed by atoms with van der Waals surface area (Å²) in [5.41, 5.74) is 1.23. The van der Waals surface area contributed by atoms with Gasteiger partial charge in [-0.25, -0.2) is 4.79 Å². The second-order valence-electron chi connectivity index (χ2n) is 14.6. The zero-order valence-corrected chi connectivity index (χ0v) is 32.2. The minimum atomic E-state index is -0.914. The van der Waals surface area contributed by atoms with E-state index in [-0.39, 0.29) is 35.1 Å². The quantitative estimate of drug-likeness (QED) is 0.0552. The van der Waals surface area contributed by atoms with Crippen molar-refractivity contribution in [2.24, 2.45) is 0 Å². The molecular weight excluding hydrogens is 615 g/mol. The van der Waals surface area contributed by atoms with Crippen molar-refractivity contribution in [3.63, 3.8) is 0 Å². The topological polar surface area (TPSA) is 55.8 Å². The number of unbranched alkanes of at least 4 members (excludes halogenated alkanes) is 30. The first-order valence-electron chi connectivity index (χ1n) is 21.3. The fraction of sp³-hybridized carbons (Fsp3) is 0.841. The first-order chi connectivity index (χ1) is 23.7. The molecule has 0 aromatic heterocycles. The molecule has 0 unspecified atom stereocenters. The van der Waals surface area contributed by atoms with E-state index in [2.05, 4.69) is 13.8 Å². The third-order valence-corrected chi connectivity index (χ3v) is 9.97. The molecule has 282 valence electrons. The average molecular weight is 697 g/mol. The van der Waals surface area contributed by atoms with Gasteiger partial charge in [0.2, 0.25) is 0 Å². The van der Waals surface area contributed by atoms with Gasteiger partial charge < -0.3 is 14.6 Å². The fourth-order valence-electron chi connectivity index (χ4n) is 6.71. The molecule has 0 atom stereocenters. The summed E-state index contributed by atoms with van der Waals surface area (Å²) in [5.74, 6) is -0.245. The van der Waals surface area contributed by atoms with Crippen LogP contribution >= 0.6 is 0 Å². The Morgan fingerprint density at radius 2 is 0.816 bits per heavy atom. The Balaban J connectivity index is 0.0000230. The molecule has 0 saturated carbocycles. The van der Waals surface area contributed by atoms with Gasteiger partial charge in [-0.1, -0.05) is 213 Å². The van der Waals surface area contributed by atoms with E-state index in [0.29, 0.717) is 19.0 Å². The zero-order valence-electron chi connectivity index (χ0n) is 32.2. The molecule has 0 heterocycles. The number of hydrogen-bond acceptors (Lipinski definition) is 3. The van der Waals surface area contributed by atoms with E-state index in [4.69, 9.17) is 9.47 Å². The maximum atomic E-state index is 11.5. The predicted octanol–water partition coefficient (Wildman–Crippen LogP) is 14.2. The van der Waals surface area contributed by atoms with E-state index < -0.39 is 5.97 Å². The van der Waals surface area contributed by atoms with Crippen LogP contribution in [0.15, 0.2) is 18.2 Å². The predicted molar refractivity (Wildman–Crippen MR) is 215 cm³/mol. The minimum absolute atomic E-state index is 0. The number of benzene rings is 1. The monoisotopic (exact) mass is 697 g/mol. The fourth-order valence-corrected chi connectivity index (χ4v) is 6.71. The molecule has 0 fully saturated rings. The average Bonchev–Trinajstić information content (AvgIpc) is 3.09. The van der Waals surface area contributed by atoms with E-state index in [0.717, 1.165) is 25.0 Å². The molecule has 0 saturated heterocycles. The molecule has 0 aliphatic heterocycles. The van der Waals surface area contributed by atoms with Crippen LogP contribution in [0, 0.1) is 0 Å². The standard InChI is InChI=1S/C44H80O4.Na.H/c1-3-5-7-9-11-13-15-17-19-21-23-25-27-29-31-33-37-47-40-42-36-35-41(44(45)46)39-43(42)48-38-34-32-30-28-26-24-22-20-18-16-14-12-10-8-6-4-2;;/h35-36,39H,3-34,37-38,40H2,1-2H3,(H,45,46);;. The summed E-state index contributed by atoms with van der Waals surface area (Å²) in [6.07, 6.45) is 43.5. The van der Waals surface area contributed by atoms with Crippen LogP contribution in [0.5, 0.6) is 5.75 Å². The first kappa shape index (κ1) is 48.5. The summed E-state index contributed by atoms with van der Waals surface area (Å²) in [6.45, 7) is 6.43. The van der Waals surface area contributed by atoms with Crippen LogP contribution in [-0.2, 0) is 11.3 Å². The van der Waals surface area contributed by atoms with E-state index >= 15 is 0 Å². The maximum absolute atomic E-state index is 11.5. The van der Waals surface area contributed by atoms with Crippen molar-refractivity contribution >= 4 is 35.5 Å². The molecule has 1 aromatic carbocycles. The van der Waals surface area contributed by atoms with E-state index in [1.807, 2.05) is 6.07 Å². The molecule has 0 aliphatic rings. The Labute approximate surface area is 327 Å². The Bertz CT molecular complexity index is 829. The van der Waals surface area contributed by atoms with Gasteiger partial charge in [-0.2, -0.15) is 0 Å². The molecule has 0 spiro atoms. The number of ether oxygens (including phenoxy) is 2. The number of rotatable bonds is 38. The van der Waals surface area contributed by atoms with Gasteiger partial charge in [0.15, 0.2) is 0 Å². The molecular formula is C44H81NaO4. The van der Waals surface area contributed by atoms with Crippen molar-refractivity contribution in [1.29, 1.82) is 0 Å². The Morgan fingerprint density at radius 3 is 1.16 bits per heavy atom. The van der Waals surface area contributed by atoms with Crippen LogP contribution in [-0.4, -0.2) is 53.8 Å². The summed E-state index contributed by atoms with van der Waals surface area (Å²) in [7, 11) is 0. The number of carbonyl (C=O) groups is 1. The second-order valence-corrected chi connectivity index (χ2v) is 14.6. The molecule has 0 aliphatic carbocycles. The van der Waals surface area contributed by atoms with Crippen molar-refractivity contribution in [2.75, 3.05) is 13.2 Å². The van der Waals surface area contributed by atoms with Crippen LogP contribution in [0.25, 0.3) is 0 Å². The second kappa shape index (κ2) is 38.7. The summed E-state index contributed by atoms with van der Waals surface area (Å²) < 4.78 is 12.1. The van der Waals surface area contributed by atoms with Crippen LogP contribution < -0.4 is 4.74 Å². The molecule has 0 radical (unpaired) electrons. The normalized spacial score (nSPS) is 11.1. The molecule has 1 N–H and O–H groups in total. The summed E-state index contributed by atoms with van der Waals surface area (Å²) in [4.78, 5) is 11.5. The van der Waals surface area contributed by atoms with Crippen molar-refractivity contribution in [3.8, 4) is 5.75 Å². The van der Waals surface area contributed by atoms with Gasteiger partial charge in [-0.05, 0) is 25.0 Å². The van der Waals surface area contributed by atoms with Crippen molar-refractivity contribution in [1.82, 2.24) is 0 Å². The molecule has 4 nitrogen and oxygen atoms in total. The van der Waals surface area contributed by atoms with E-state index in [1.54, 1.807) is 12.1 Å². The SMILES string of the molecule is CCCCCCCCCCCCCCCCCCOCc1ccc(C(=O)O)cc1OCCCCCCCCCCCCCCCCCC.[NaH]. The van der Waals surface area contributed by atoms with Crippen molar-refractivity contribution in [2.45, 2.75) is 226 Å². The molecule has 5 heteroatoms. The number of aromatic carboxylic acids is 1. The molecule has 0 bridgehead atoms.